The predicted molar refractivity (Wildman–Crippen MR) is 76.7 cm³/mol. The zero-order valence-electron chi connectivity index (χ0n) is 9.69. The van der Waals surface area contributed by atoms with Crippen LogP contribution in [0.3, 0.4) is 0 Å². The van der Waals surface area contributed by atoms with Crippen LogP contribution in [0.5, 0.6) is 0 Å². The molecule has 3 rings (SSSR count). The molecule has 0 atom stereocenters. The Balaban J connectivity index is 2.16. The van der Waals surface area contributed by atoms with Gasteiger partial charge in [0.15, 0.2) is 5.78 Å². The van der Waals surface area contributed by atoms with Crippen molar-refractivity contribution < 1.29 is 9.18 Å². The van der Waals surface area contributed by atoms with Crippen LogP contribution in [-0.4, -0.2) is 5.78 Å². The highest BCUT2D eigenvalue weighted by Crippen LogP contribution is 2.28. The second-order valence-corrected chi connectivity index (χ2v) is 5.45. The maximum atomic E-state index is 13.7. The number of rotatable bonds is 2. The second-order valence-electron chi connectivity index (χ2n) is 4.10. The van der Waals surface area contributed by atoms with Gasteiger partial charge in [0.05, 0.1) is 5.56 Å². The summed E-state index contributed by atoms with van der Waals surface area (Å²) < 4.78 is 14.7. The van der Waals surface area contributed by atoms with Crippen LogP contribution in [0.25, 0.3) is 10.1 Å². The Morgan fingerprint density at radius 2 is 1.89 bits per heavy atom. The van der Waals surface area contributed by atoms with Gasteiger partial charge in [0.1, 0.15) is 5.82 Å². The topological polar surface area (TPSA) is 17.1 Å². The molecule has 0 unspecified atom stereocenters. The molecule has 0 aliphatic rings. The van der Waals surface area contributed by atoms with E-state index in [0.29, 0.717) is 10.6 Å². The molecule has 0 bridgehead atoms. The molecule has 1 heterocycles. The highest BCUT2D eigenvalue weighted by atomic mass is 35.5. The van der Waals surface area contributed by atoms with E-state index in [-0.39, 0.29) is 11.3 Å². The number of hydrogen-bond donors (Lipinski definition) is 0. The number of halogens is 2. The first-order chi connectivity index (χ1) is 9.16. The largest absolute Gasteiger partial charge is 0.288 e. The normalized spacial score (nSPS) is 10.8. The van der Waals surface area contributed by atoms with E-state index in [1.54, 1.807) is 5.38 Å². The van der Waals surface area contributed by atoms with E-state index in [2.05, 4.69) is 0 Å². The lowest BCUT2D eigenvalue weighted by atomic mass is 10.0. The summed E-state index contributed by atoms with van der Waals surface area (Å²) in [7, 11) is 0. The van der Waals surface area contributed by atoms with Crippen LogP contribution in [0, 0.1) is 5.82 Å². The zero-order valence-corrected chi connectivity index (χ0v) is 11.3. The third kappa shape index (κ3) is 2.15. The van der Waals surface area contributed by atoms with Gasteiger partial charge in [-0.05, 0) is 24.3 Å². The van der Waals surface area contributed by atoms with E-state index in [4.69, 9.17) is 11.6 Å². The lowest BCUT2D eigenvalue weighted by Gasteiger charge is -2.02. The molecule has 19 heavy (non-hydrogen) atoms. The van der Waals surface area contributed by atoms with E-state index in [1.165, 1.54) is 29.5 Å². The minimum atomic E-state index is -0.551. The standard InChI is InChI=1S/C15H8ClFOS/c16-9-5-6-13(17)11(7-9)15(18)12-8-19-14-4-2-1-3-10(12)14/h1-8H. The summed E-state index contributed by atoms with van der Waals surface area (Å²) >= 11 is 7.29. The molecule has 0 aliphatic heterocycles. The van der Waals surface area contributed by atoms with E-state index >= 15 is 0 Å². The van der Waals surface area contributed by atoms with Crippen LogP contribution in [0.15, 0.2) is 47.8 Å². The predicted octanol–water partition coefficient (Wildman–Crippen LogP) is 4.92. The number of carbonyl (C=O) groups is 1. The number of benzene rings is 2. The van der Waals surface area contributed by atoms with E-state index in [9.17, 15) is 9.18 Å². The lowest BCUT2D eigenvalue weighted by molar-refractivity contribution is 0.103. The molecule has 0 aliphatic carbocycles. The summed E-state index contributed by atoms with van der Waals surface area (Å²) in [6, 6.07) is 11.6. The van der Waals surface area contributed by atoms with E-state index < -0.39 is 5.82 Å². The molecular weight excluding hydrogens is 283 g/mol. The van der Waals surface area contributed by atoms with Crippen molar-refractivity contribution in [2.45, 2.75) is 0 Å². The first kappa shape index (κ1) is 12.3. The quantitative estimate of drug-likeness (QED) is 0.612. The Bertz CT molecular complexity index is 779. The number of fused-ring (bicyclic) bond motifs is 1. The SMILES string of the molecule is O=C(c1cc(Cl)ccc1F)c1csc2ccccc12. The van der Waals surface area contributed by atoms with Crippen LogP contribution in [0.1, 0.15) is 15.9 Å². The Kier molecular flexibility index (Phi) is 3.09. The number of carbonyl (C=O) groups excluding carboxylic acids is 1. The first-order valence-corrected chi connectivity index (χ1v) is 6.88. The molecule has 0 radical (unpaired) electrons. The molecule has 1 aromatic heterocycles. The first-order valence-electron chi connectivity index (χ1n) is 5.63. The molecule has 0 saturated heterocycles. The zero-order chi connectivity index (χ0) is 13.4. The second kappa shape index (κ2) is 4.76. The maximum Gasteiger partial charge on any atom is 0.197 e. The van der Waals surface area contributed by atoms with Gasteiger partial charge < -0.3 is 0 Å². The molecular formula is C15H8ClFOS. The van der Waals surface area contributed by atoms with Gasteiger partial charge in [-0.2, -0.15) is 0 Å². The third-order valence-corrected chi connectivity index (χ3v) is 4.10. The van der Waals surface area contributed by atoms with Crippen LogP contribution in [0.4, 0.5) is 4.39 Å². The summed E-state index contributed by atoms with van der Waals surface area (Å²) in [5.74, 6) is -0.887. The van der Waals surface area contributed by atoms with Crippen molar-refractivity contribution in [1.29, 1.82) is 0 Å². The molecule has 1 nitrogen and oxygen atoms in total. The van der Waals surface area contributed by atoms with Crippen molar-refractivity contribution >= 4 is 38.8 Å². The number of hydrogen-bond acceptors (Lipinski definition) is 2. The average molecular weight is 291 g/mol. The van der Waals surface area contributed by atoms with E-state index in [1.807, 2.05) is 24.3 Å². The van der Waals surface area contributed by atoms with E-state index in [0.717, 1.165) is 10.1 Å². The monoisotopic (exact) mass is 290 g/mol. The minimum absolute atomic E-state index is 0.0102. The molecule has 0 spiro atoms. The number of ketones is 1. The van der Waals surface area contributed by atoms with Crippen LogP contribution in [0.2, 0.25) is 5.02 Å². The van der Waals surface area contributed by atoms with Crippen LogP contribution < -0.4 is 0 Å². The van der Waals surface area contributed by atoms with Crippen LogP contribution in [-0.2, 0) is 0 Å². The fraction of sp³-hybridized carbons (Fsp3) is 0. The highest BCUT2D eigenvalue weighted by Gasteiger charge is 2.17. The van der Waals surface area contributed by atoms with Crippen molar-refractivity contribution in [3.63, 3.8) is 0 Å². The Hall–Kier alpha value is -1.71. The Morgan fingerprint density at radius 3 is 2.74 bits per heavy atom. The summed E-state index contributed by atoms with van der Waals surface area (Å²) in [5.41, 5.74) is 0.526. The maximum absolute atomic E-state index is 13.7. The van der Waals surface area contributed by atoms with Gasteiger partial charge >= 0.3 is 0 Å². The molecule has 0 N–H and O–H groups in total. The van der Waals surface area contributed by atoms with Crippen molar-refractivity contribution in [2.75, 3.05) is 0 Å². The van der Waals surface area contributed by atoms with Crippen molar-refractivity contribution in [2.24, 2.45) is 0 Å². The minimum Gasteiger partial charge on any atom is -0.288 e. The summed E-state index contributed by atoms with van der Waals surface area (Å²) in [5, 5.41) is 2.95. The van der Waals surface area contributed by atoms with Gasteiger partial charge in [0.2, 0.25) is 0 Å². The molecule has 2 aromatic carbocycles. The van der Waals surface area contributed by atoms with Gasteiger partial charge in [-0.15, -0.1) is 11.3 Å². The van der Waals surface area contributed by atoms with Gasteiger partial charge in [-0.3, -0.25) is 4.79 Å². The van der Waals surface area contributed by atoms with Gasteiger partial charge in [-0.1, -0.05) is 29.8 Å². The highest BCUT2D eigenvalue weighted by molar-refractivity contribution is 7.17. The fourth-order valence-corrected chi connectivity index (χ4v) is 3.08. The fourth-order valence-electron chi connectivity index (χ4n) is 1.97. The molecule has 0 saturated carbocycles. The number of thiophene rings is 1. The van der Waals surface area contributed by atoms with Gasteiger partial charge in [0, 0.05) is 26.1 Å². The summed E-state index contributed by atoms with van der Waals surface area (Å²) in [6.07, 6.45) is 0. The molecule has 4 heteroatoms. The molecule has 3 aromatic rings. The molecule has 0 fully saturated rings. The smallest absolute Gasteiger partial charge is 0.197 e. The van der Waals surface area contributed by atoms with Gasteiger partial charge in [-0.25, -0.2) is 4.39 Å². The average Bonchev–Trinajstić information content (AvgIpc) is 2.84. The van der Waals surface area contributed by atoms with Crippen molar-refractivity contribution in [3.05, 3.63) is 69.8 Å². The van der Waals surface area contributed by atoms with Crippen LogP contribution >= 0.6 is 22.9 Å². The summed E-state index contributed by atoms with van der Waals surface area (Å²) in [4.78, 5) is 12.4. The van der Waals surface area contributed by atoms with Crippen molar-refractivity contribution in [3.8, 4) is 0 Å². The Labute approximate surface area is 118 Å². The third-order valence-electron chi connectivity index (χ3n) is 2.90. The molecule has 94 valence electrons. The van der Waals surface area contributed by atoms with Gasteiger partial charge in [0.25, 0.3) is 0 Å². The molecule has 0 amide bonds. The Morgan fingerprint density at radius 1 is 1.11 bits per heavy atom. The lowest BCUT2D eigenvalue weighted by Crippen LogP contribution is -2.03. The van der Waals surface area contributed by atoms with Crippen molar-refractivity contribution in [1.82, 2.24) is 0 Å². The summed E-state index contributed by atoms with van der Waals surface area (Å²) in [6.45, 7) is 0.